The van der Waals surface area contributed by atoms with Crippen molar-refractivity contribution in [2.45, 2.75) is 0 Å². The molecule has 0 aliphatic rings. The molecule has 0 spiro atoms. The predicted octanol–water partition coefficient (Wildman–Crippen LogP) is -4.30. The third kappa shape index (κ3) is 3.12. The summed E-state index contributed by atoms with van der Waals surface area (Å²) in [5, 5.41) is 5.07. The molecular formula is C4H3KN2O2. The van der Waals surface area contributed by atoms with Crippen molar-refractivity contribution in [3.63, 3.8) is 0 Å². The molecule has 1 N–H and O–H groups in total. The van der Waals surface area contributed by atoms with E-state index in [9.17, 15) is 9.59 Å². The summed E-state index contributed by atoms with van der Waals surface area (Å²) < 4.78 is 0. The van der Waals surface area contributed by atoms with Gasteiger partial charge in [-0.15, -0.1) is 0 Å². The summed E-state index contributed by atoms with van der Waals surface area (Å²) in [6, 6.07) is 2.24. The molecule has 0 saturated carbocycles. The number of rotatable bonds is 0. The largest absolute Gasteiger partial charge is 1.00 e. The maximum absolute atomic E-state index is 10.2. The summed E-state index contributed by atoms with van der Waals surface area (Å²) in [5.74, 6) is 0. The van der Waals surface area contributed by atoms with Gasteiger partial charge in [0.05, 0.1) is 5.56 Å². The van der Waals surface area contributed by atoms with E-state index in [0.717, 1.165) is 12.1 Å². The molecule has 0 atom stereocenters. The zero-order valence-corrected chi connectivity index (χ0v) is 8.04. The molecule has 1 rings (SSSR count). The van der Waals surface area contributed by atoms with E-state index in [4.69, 9.17) is 0 Å². The zero-order chi connectivity index (χ0) is 5.98. The van der Waals surface area contributed by atoms with Crippen LogP contribution in [-0.4, -0.2) is 5.10 Å². The summed E-state index contributed by atoms with van der Waals surface area (Å²) in [7, 11) is 0. The van der Waals surface area contributed by atoms with Gasteiger partial charge in [0.15, 0.2) is 0 Å². The van der Waals surface area contributed by atoms with E-state index in [1.807, 2.05) is 5.10 Å². The first-order valence-electron chi connectivity index (χ1n) is 2.02. The molecule has 0 unspecified atom stereocenters. The average Bonchev–Trinajstić information content (AvgIpc) is 1.77. The molecular weight excluding hydrogens is 147 g/mol. The molecule has 0 amide bonds. The summed E-state index contributed by atoms with van der Waals surface area (Å²) in [6.45, 7) is 0. The van der Waals surface area contributed by atoms with E-state index in [0.29, 0.717) is 0 Å². The first-order valence-corrected chi connectivity index (χ1v) is 2.02. The Morgan fingerprint density at radius 2 is 2.00 bits per heavy atom. The first kappa shape index (κ1) is 9.32. The van der Waals surface area contributed by atoms with Gasteiger partial charge in [0.25, 0.3) is 0 Å². The summed E-state index contributed by atoms with van der Waals surface area (Å²) in [5.41, 5.74) is -0.783. The Morgan fingerprint density at radius 1 is 1.33 bits per heavy atom. The second-order valence-corrected chi connectivity index (χ2v) is 1.26. The number of nitrogens with one attached hydrogen (secondary N) is 1. The molecule has 42 valence electrons. The first-order chi connectivity index (χ1) is 3.79. The fourth-order valence-electron chi connectivity index (χ4n) is 0.332. The van der Waals surface area contributed by atoms with Crippen LogP contribution in [0.4, 0.5) is 0 Å². The van der Waals surface area contributed by atoms with Gasteiger partial charge in [-0.3, -0.25) is 4.79 Å². The van der Waals surface area contributed by atoms with Crippen LogP contribution in [0, 0.1) is 0 Å². The number of aromatic nitrogens is 2. The molecule has 0 fully saturated rings. The minimum atomic E-state index is -0.426. The second-order valence-electron chi connectivity index (χ2n) is 1.26. The van der Waals surface area contributed by atoms with Gasteiger partial charge in [-0.05, 0) is 6.07 Å². The van der Waals surface area contributed by atoms with Crippen LogP contribution in [0.25, 0.3) is 0 Å². The van der Waals surface area contributed by atoms with Gasteiger partial charge in [-0.1, -0.05) is 0 Å². The van der Waals surface area contributed by atoms with Gasteiger partial charge >= 0.3 is 51.4 Å². The fraction of sp³-hybridized carbons (Fsp3) is 0. The molecule has 0 bridgehead atoms. The summed E-state index contributed by atoms with van der Waals surface area (Å²) in [4.78, 5) is 20.3. The van der Waals surface area contributed by atoms with Crippen LogP contribution in [0.1, 0.15) is 0 Å². The minimum Gasteiger partial charge on any atom is -0.560 e. The number of H-pyrrole nitrogens is 1. The van der Waals surface area contributed by atoms with Crippen molar-refractivity contribution in [1.29, 1.82) is 0 Å². The fourth-order valence-corrected chi connectivity index (χ4v) is 0.332. The van der Waals surface area contributed by atoms with Gasteiger partial charge in [-0.25, -0.2) is 0 Å². The predicted molar refractivity (Wildman–Crippen MR) is 26.7 cm³/mol. The van der Waals surface area contributed by atoms with Crippen LogP contribution in [0.15, 0.2) is 21.7 Å². The van der Waals surface area contributed by atoms with Crippen molar-refractivity contribution < 1.29 is 51.4 Å². The molecule has 0 aromatic carbocycles. The van der Waals surface area contributed by atoms with Crippen molar-refractivity contribution in [2.24, 2.45) is 0 Å². The van der Waals surface area contributed by atoms with Crippen molar-refractivity contribution in [3.05, 3.63) is 32.8 Å². The Balaban J connectivity index is 0.000000640. The Labute approximate surface area is 93.1 Å². The van der Waals surface area contributed by atoms with E-state index in [2.05, 4.69) is 5.10 Å². The summed E-state index contributed by atoms with van der Waals surface area (Å²) in [6.07, 6.45) is 0. The zero-order valence-electron chi connectivity index (χ0n) is 4.92. The van der Waals surface area contributed by atoms with Crippen molar-refractivity contribution in [1.82, 2.24) is 10.2 Å². The minimum absolute atomic E-state index is 0. The monoisotopic (exact) mass is 150 g/mol. The van der Waals surface area contributed by atoms with Gasteiger partial charge in [0, 0.05) is 6.07 Å². The molecule has 1 aromatic heterocycles. The molecule has 4 nitrogen and oxygen atoms in total. The molecule has 0 saturated heterocycles. The third-order valence-electron chi connectivity index (χ3n) is 0.654. The smallest absolute Gasteiger partial charge is 0.560 e. The van der Waals surface area contributed by atoms with Crippen molar-refractivity contribution in [3.8, 4) is 0 Å². The molecule has 5 heteroatoms. The van der Waals surface area contributed by atoms with Crippen LogP contribution >= 0.6 is 0 Å². The van der Waals surface area contributed by atoms with Crippen LogP contribution in [-0.2, 0) is 0 Å². The normalized spacial score (nSPS) is 8.00. The van der Waals surface area contributed by atoms with Crippen LogP contribution in [0.2, 0.25) is 0 Å². The van der Waals surface area contributed by atoms with Gasteiger partial charge in [0.2, 0.25) is 5.56 Å². The van der Waals surface area contributed by atoms with E-state index >= 15 is 0 Å². The maximum atomic E-state index is 10.2. The summed E-state index contributed by atoms with van der Waals surface area (Å²) >= 11 is 0. The maximum Gasteiger partial charge on any atom is 1.00 e. The van der Waals surface area contributed by atoms with Gasteiger partial charge in [-0.2, -0.15) is 0 Å². The topological polar surface area (TPSA) is 64.0 Å². The number of hydrogen-bond acceptors (Lipinski definition) is 2. The average molecular weight is 150 g/mol. The standard InChI is InChI=1S/C4H4N2O2.K/c7-3-1-2-4(8)6-5-3;/h1-2H,(H2,5,6,7,8);/q;+1/p-1. The van der Waals surface area contributed by atoms with Crippen molar-refractivity contribution >= 4 is 0 Å². The van der Waals surface area contributed by atoms with Crippen LogP contribution < -0.4 is 67.6 Å². The molecule has 1 heterocycles. The van der Waals surface area contributed by atoms with Gasteiger partial charge < -0.3 is 15.0 Å². The van der Waals surface area contributed by atoms with E-state index < -0.39 is 5.56 Å². The third-order valence-corrected chi connectivity index (χ3v) is 0.654. The SMILES string of the molecule is O=c1ccc(=O)[nH][n-]1.[K+]. The molecule has 0 aliphatic carbocycles. The number of aromatic amines is 1. The molecule has 0 aliphatic heterocycles. The Kier molecular flexibility index (Phi) is 4.33. The number of nitrogens with zero attached hydrogens (tertiary/aromatic N) is 1. The number of hydrogen-bond donors (Lipinski definition) is 1. The second kappa shape index (κ2) is 4.18. The molecule has 1 aromatic rings. The van der Waals surface area contributed by atoms with Crippen LogP contribution in [0.3, 0.4) is 0 Å². The van der Waals surface area contributed by atoms with Crippen LogP contribution in [0.5, 0.6) is 0 Å². The Bertz CT molecular complexity index is 224. The van der Waals surface area contributed by atoms with Gasteiger partial charge in [0.1, 0.15) is 0 Å². The quantitative estimate of drug-likeness (QED) is 0.380. The Morgan fingerprint density at radius 3 is 2.33 bits per heavy atom. The van der Waals surface area contributed by atoms with Crippen molar-refractivity contribution in [2.75, 3.05) is 0 Å². The van der Waals surface area contributed by atoms with E-state index in [1.54, 1.807) is 0 Å². The Hall–Kier alpha value is 0.316. The molecule has 0 radical (unpaired) electrons. The van der Waals surface area contributed by atoms with E-state index in [-0.39, 0.29) is 56.9 Å². The molecule has 9 heavy (non-hydrogen) atoms. The van der Waals surface area contributed by atoms with E-state index in [1.165, 1.54) is 0 Å².